The van der Waals surface area contributed by atoms with E-state index in [2.05, 4.69) is 20.0 Å². The third kappa shape index (κ3) is 4.30. The Labute approximate surface area is 142 Å². The SMILES string of the molecule is O=c1ccn(-c2ccc(F)cc2)nc1-c1nc(COCC(F)(F)F)no1. The lowest BCUT2D eigenvalue weighted by Crippen LogP contribution is -2.17. The van der Waals surface area contributed by atoms with E-state index in [4.69, 9.17) is 4.52 Å². The van der Waals surface area contributed by atoms with Crippen LogP contribution in [0.4, 0.5) is 17.6 Å². The number of nitrogens with zero attached hydrogens (tertiary/aromatic N) is 4. The van der Waals surface area contributed by atoms with Crippen LogP contribution in [0.15, 0.2) is 45.8 Å². The molecule has 0 saturated carbocycles. The number of benzene rings is 1. The normalized spacial score (nSPS) is 11.7. The lowest BCUT2D eigenvalue weighted by atomic mass is 10.3. The van der Waals surface area contributed by atoms with E-state index in [1.807, 2.05) is 0 Å². The van der Waals surface area contributed by atoms with Gasteiger partial charge in [-0.25, -0.2) is 9.07 Å². The van der Waals surface area contributed by atoms with E-state index in [1.54, 1.807) is 0 Å². The lowest BCUT2D eigenvalue weighted by molar-refractivity contribution is -0.177. The summed E-state index contributed by atoms with van der Waals surface area (Å²) in [5.41, 5.74) is -0.262. The van der Waals surface area contributed by atoms with Gasteiger partial charge in [0, 0.05) is 12.3 Å². The Hall–Kier alpha value is -3.08. The zero-order chi connectivity index (χ0) is 18.7. The summed E-state index contributed by atoms with van der Waals surface area (Å²) in [7, 11) is 0. The minimum atomic E-state index is -4.48. The van der Waals surface area contributed by atoms with Gasteiger partial charge in [0.15, 0.2) is 11.5 Å². The molecule has 0 fully saturated rings. The van der Waals surface area contributed by atoms with Crippen LogP contribution in [0.3, 0.4) is 0 Å². The number of hydrogen-bond acceptors (Lipinski definition) is 6. The Bertz CT molecular complexity index is 951. The van der Waals surface area contributed by atoms with Crippen molar-refractivity contribution in [3.05, 3.63) is 58.4 Å². The molecule has 0 spiro atoms. The monoisotopic (exact) mass is 370 g/mol. The van der Waals surface area contributed by atoms with Crippen molar-refractivity contribution in [2.24, 2.45) is 0 Å². The number of alkyl halides is 3. The first kappa shape index (κ1) is 17.7. The van der Waals surface area contributed by atoms with Gasteiger partial charge >= 0.3 is 6.18 Å². The van der Waals surface area contributed by atoms with E-state index in [-0.39, 0.29) is 17.4 Å². The molecule has 7 nitrogen and oxygen atoms in total. The molecule has 1 aromatic carbocycles. The van der Waals surface area contributed by atoms with Gasteiger partial charge in [-0.1, -0.05) is 5.16 Å². The molecule has 0 N–H and O–H groups in total. The van der Waals surface area contributed by atoms with Gasteiger partial charge in [0.2, 0.25) is 5.43 Å². The van der Waals surface area contributed by atoms with Crippen LogP contribution in [0.5, 0.6) is 0 Å². The van der Waals surface area contributed by atoms with Crippen molar-refractivity contribution in [1.29, 1.82) is 0 Å². The van der Waals surface area contributed by atoms with Gasteiger partial charge in [0.05, 0.1) is 5.69 Å². The molecule has 0 aliphatic heterocycles. The van der Waals surface area contributed by atoms with Crippen LogP contribution in [0.1, 0.15) is 5.82 Å². The Balaban J connectivity index is 1.82. The van der Waals surface area contributed by atoms with Crippen LogP contribution in [-0.4, -0.2) is 32.7 Å². The molecule has 0 saturated heterocycles. The smallest absolute Gasteiger partial charge is 0.364 e. The molecular weight excluding hydrogens is 360 g/mol. The maximum Gasteiger partial charge on any atom is 0.411 e. The summed E-state index contributed by atoms with van der Waals surface area (Å²) < 4.78 is 59.7. The third-order valence-corrected chi connectivity index (χ3v) is 3.07. The minimum absolute atomic E-state index is 0.164. The first-order chi connectivity index (χ1) is 12.3. The van der Waals surface area contributed by atoms with Crippen molar-refractivity contribution >= 4 is 0 Å². The highest BCUT2D eigenvalue weighted by molar-refractivity contribution is 5.45. The Morgan fingerprint density at radius 3 is 2.58 bits per heavy atom. The molecule has 136 valence electrons. The summed E-state index contributed by atoms with van der Waals surface area (Å²) in [5, 5.41) is 7.49. The van der Waals surface area contributed by atoms with E-state index in [1.165, 1.54) is 41.2 Å². The van der Waals surface area contributed by atoms with Gasteiger partial charge in [0.1, 0.15) is 19.0 Å². The van der Waals surface area contributed by atoms with Gasteiger partial charge in [-0.3, -0.25) is 4.79 Å². The van der Waals surface area contributed by atoms with Crippen molar-refractivity contribution in [3.8, 4) is 17.3 Å². The van der Waals surface area contributed by atoms with Crippen LogP contribution in [0, 0.1) is 5.82 Å². The topological polar surface area (TPSA) is 83.0 Å². The maximum atomic E-state index is 13.0. The number of ether oxygens (including phenoxy) is 1. The predicted molar refractivity (Wildman–Crippen MR) is 78.8 cm³/mol. The fraction of sp³-hybridized carbons (Fsp3) is 0.200. The van der Waals surface area contributed by atoms with Gasteiger partial charge in [-0.05, 0) is 24.3 Å². The first-order valence-electron chi connectivity index (χ1n) is 7.15. The largest absolute Gasteiger partial charge is 0.411 e. The van der Waals surface area contributed by atoms with Crippen molar-refractivity contribution < 1.29 is 26.8 Å². The molecule has 0 amide bonds. The van der Waals surface area contributed by atoms with E-state index in [0.29, 0.717) is 5.69 Å². The molecule has 0 aliphatic carbocycles. The molecule has 26 heavy (non-hydrogen) atoms. The zero-order valence-corrected chi connectivity index (χ0v) is 12.9. The van der Waals surface area contributed by atoms with Gasteiger partial charge in [-0.15, -0.1) is 0 Å². The Morgan fingerprint density at radius 1 is 1.15 bits per heavy atom. The van der Waals surface area contributed by atoms with Crippen LogP contribution in [0.2, 0.25) is 0 Å². The van der Waals surface area contributed by atoms with Crippen molar-refractivity contribution in [2.75, 3.05) is 6.61 Å². The van der Waals surface area contributed by atoms with Gasteiger partial charge in [0.25, 0.3) is 5.89 Å². The van der Waals surface area contributed by atoms with E-state index < -0.39 is 30.6 Å². The summed E-state index contributed by atoms with van der Waals surface area (Å²) in [6.45, 7) is -2.00. The second kappa shape index (κ2) is 7.04. The molecule has 0 atom stereocenters. The van der Waals surface area contributed by atoms with Gasteiger partial charge in [-0.2, -0.15) is 23.3 Å². The highest BCUT2D eigenvalue weighted by Gasteiger charge is 2.27. The predicted octanol–water partition coefficient (Wildman–Crippen LogP) is 2.50. The fourth-order valence-electron chi connectivity index (χ4n) is 1.96. The van der Waals surface area contributed by atoms with Crippen molar-refractivity contribution in [1.82, 2.24) is 19.9 Å². The second-order valence-electron chi connectivity index (χ2n) is 5.07. The average Bonchev–Trinajstić information content (AvgIpc) is 3.03. The highest BCUT2D eigenvalue weighted by atomic mass is 19.4. The Kier molecular flexibility index (Phi) is 4.80. The summed E-state index contributed by atoms with van der Waals surface area (Å²) in [5.74, 6) is -0.866. The summed E-state index contributed by atoms with van der Waals surface area (Å²) in [6.07, 6.45) is -3.11. The van der Waals surface area contributed by atoms with E-state index in [9.17, 15) is 22.4 Å². The van der Waals surface area contributed by atoms with Crippen LogP contribution < -0.4 is 5.43 Å². The summed E-state index contributed by atoms with van der Waals surface area (Å²) in [4.78, 5) is 15.8. The number of hydrogen-bond donors (Lipinski definition) is 0. The Morgan fingerprint density at radius 2 is 1.88 bits per heavy atom. The quantitative estimate of drug-likeness (QED) is 0.642. The molecule has 2 aromatic heterocycles. The van der Waals surface area contributed by atoms with Crippen LogP contribution >= 0.6 is 0 Å². The first-order valence-corrected chi connectivity index (χ1v) is 7.15. The fourth-order valence-corrected chi connectivity index (χ4v) is 1.96. The second-order valence-corrected chi connectivity index (χ2v) is 5.07. The minimum Gasteiger partial charge on any atom is -0.364 e. The summed E-state index contributed by atoms with van der Waals surface area (Å²) >= 11 is 0. The molecule has 0 bridgehead atoms. The van der Waals surface area contributed by atoms with Crippen LogP contribution in [-0.2, 0) is 11.3 Å². The molecule has 11 heteroatoms. The van der Waals surface area contributed by atoms with Crippen LogP contribution in [0.25, 0.3) is 17.3 Å². The third-order valence-electron chi connectivity index (χ3n) is 3.07. The van der Waals surface area contributed by atoms with Crippen molar-refractivity contribution in [3.63, 3.8) is 0 Å². The molecular formula is C15H10F4N4O3. The molecule has 2 heterocycles. The number of halogens is 4. The molecule has 3 rings (SSSR count). The molecule has 0 unspecified atom stereocenters. The standard InChI is InChI=1S/C15H10F4N4O3/c16-9-1-3-10(4-2-9)23-6-5-11(24)13(21-23)14-20-12(22-26-14)7-25-8-15(17,18)19/h1-6H,7-8H2. The molecule has 0 aliphatic rings. The summed E-state index contributed by atoms with van der Waals surface area (Å²) in [6, 6.07) is 6.52. The number of rotatable bonds is 5. The maximum absolute atomic E-state index is 13.0. The number of aromatic nitrogens is 4. The zero-order valence-electron chi connectivity index (χ0n) is 12.9. The lowest BCUT2D eigenvalue weighted by Gasteiger charge is -2.05. The van der Waals surface area contributed by atoms with E-state index >= 15 is 0 Å². The highest BCUT2D eigenvalue weighted by Crippen LogP contribution is 2.16. The van der Waals surface area contributed by atoms with E-state index in [0.717, 1.165) is 0 Å². The molecule has 0 radical (unpaired) electrons. The average molecular weight is 370 g/mol. The van der Waals surface area contributed by atoms with Crippen molar-refractivity contribution in [2.45, 2.75) is 12.8 Å². The molecule has 3 aromatic rings. The van der Waals surface area contributed by atoms with Gasteiger partial charge < -0.3 is 9.26 Å².